The SMILES string of the molecule is Cn1[nH]c(CSc2ccccc2)cc1=O. The summed E-state index contributed by atoms with van der Waals surface area (Å²) in [5.41, 5.74) is 0.968. The Morgan fingerprint density at radius 3 is 2.67 bits per heavy atom. The molecule has 2 rings (SSSR count). The molecule has 15 heavy (non-hydrogen) atoms. The van der Waals surface area contributed by atoms with Gasteiger partial charge in [0.2, 0.25) is 0 Å². The molecule has 1 aromatic heterocycles. The topological polar surface area (TPSA) is 37.8 Å². The minimum Gasteiger partial charge on any atom is -0.299 e. The molecule has 0 aliphatic heterocycles. The van der Waals surface area contributed by atoms with Crippen LogP contribution in [-0.2, 0) is 12.8 Å². The van der Waals surface area contributed by atoms with Crippen molar-refractivity contribution in [3.05, 3.63) is 52.4 Å². The molecule has 0 spiro atoms. The average molecular weight is 220 g/mol. The molecule has 0 aliphatic rings. The summed E-state index contributed by atoms with van der Waals surface area (Å²) in [4.78, 5) is 12.4. The minimum absolute atomic E-state index is 0.0126. The van der Waals surface area contributed by atoms with Gasteiger partial charge >= 0.3 is 0 Å². The lowest BCUT2D eigenvalue weighted by molar-refractivity contribution is 0.729. The van der Waals surface area contributed by atoms with Crippen molar-refractivity contribution in [3.8, 4) is 0 Å². The highest BCUT2D eigenvalue weighted by Gasteiger charge is 2.00. The lowest BCUT2D eigenvalue weighted by atomic mass is 10.4. The molecule has 0 bridgehead atoms. The zero-order chi connectivity index (χ0) is 10.7. The van der Waals surface area contributed by atoms with Gasteiger partial charge in [0.25, 0.3) is 5.56 Å². The Morgan fingerprint density at radius 1 is 1.33 bits per heavy atom. The third-order valence-corrected chi connectivity index (χ3v) is 3.14. The molecule has 0 aliphatic carbocycles. The summed E-state index contributed by atoms with van der Waals surface area (Å²) in [6.45, 7) is 0. The van der Waals surface area contributed by atoms with Crippen molar-refractivity contribution in [3.63, 3.8) is 0 Å². The van der Waals surface area contributed by atoms with Crippen LogP contribution < -0.4 is 5.56 Å². The van der Waals surface area contributed by atoms with E-state index in [1.165, 1.54) is 9.58 Å². The zero-order valence-electron chi connectivity index (χ0n) is 8.43. The van der Waals surface area contributed by atoms with Crippen molar-refractivity contribution >= 4 is 11.8 Å². The van der Waals surface area contributed by atoms with E-state index >= 15 is 0 Å². The molecular formula is C11H12N2OS. The van der Waals surface area contributed by atoms with E-state index in [-0.39, 0.29) is 5.56 Å². The number of aryl methyl sites for hydroxylation is 1. The first kappa shape index (κ1) is 10.1. The monoisotopic (exact) mass is 220 g/mol. The second-order valence-electron chi connectivity index (χ2n) is 3.28. The van der Waals surface area contributed by atoms with Crippen LogP contribution in [0, 0.1) is 0 Å². The first-order chi connectivity index (χ1) is 7.25. The van der Waals surface area contributed by atoms with Gasteiger partial charge in [-0.2, -0.15) is 0 Å². The van der Waals surface area contributed by atoms with Crippen molar-refractivity contribution < 1.29 is 0 Å². The number of thioether (sulfide) groups is 1. The Kier molecular flexibility index (Phi) is 2.97. The molecule has 0 fully saturated rings. The number of aromatic nitrogens is 2. The van der Waals surface area contributed by atoms with Crippen LogP contribution in [0.2, 0.25) is 0 Å². The van der Waals surface area contributed by atoms with Crippen LogP contribution in [0.25, 0.3) is 0 Å². The van der Waals surface area contributed by atoms with Gasteiger partial charge in [-0.1, -0.05) is 18.2 Å². The summed E-state index contributed by atoms with van der Waals surface area (Å²) in [5.74, 6) is 0.792. The predicted molar refractivity (Wildman–Crippen MR) is 62.0 cm³/mol. The van der Waals surface area contributed by atoms with Crippen molar-refractivity contribution in [1.29, 1.82) is 0 Å². The number of nitrogens with one attached hydrogen (secondary N) is 1. The molecule has 4 heteroatoms. The molecule has 1 heterocycles. The van der Waals surface area contributed by atoms with E-state index < -0.39 is 0 Å². The number of aromatic amines is 1. The highest BCUT2D eigenvalue weighted by atomic mass is 32.2. The van der Waals surface area contributed by atoms with E-state index in [4.69, 9.17) is 0 Å². The van der Waals surface area contributed by atoms with Gasteiger partial charge in [0, 0.05) is 29.5 Å². The smallest absolute Gasteiger partial charge is 0.266 e. The van der Waals surface area contributed by atoms with Gasteiger partial charge in [0.1, 0.15) is 0 Å². The van der Waals surface area contributed by atoms with Gasteiger partial charge in [0.05, 0.1) is 0 Å². The van der Waals surface area contributed by atoms with Gasteiger partial charge in [-0.25, -0.2) is 0 Å². The van der Waals surface area contributed by atoms with E-state index in [1.54, 1.807) is 24.9 Å². The average Bonchev–Trinajstić information content (AvgIpc) is 2.57. The lowest BCUT2D eigenvalue weighted by Crippen LogP contribution is -2.09. The fourth-order valence-electron chi connectivity index (χ4n) is 1.30. The highest BCUT2D eigenvalue weighted by Crippen LogP contribution is 2.20. The lowest BCUT2D eigenvalue weighted by Gasteiger charge is -1.98. The van der Waals surface area contributed by atoms with Crippen molar-refractivity contribution in [2.75, 3.05) is 0 Å². The number of rotatable bonds is 3. The largest absolute Gasteiger partial charge is 0.299 e. The number of hydrogen-bond donors (Lipinski definition) is 1. The molecule has 0 amide bonds. The summed E-state index contributed by atoms with van der Waals surface area (Å²) < 4.78 is 1.49. The van der Waals surface area contributed by atoms with Crippen molar-refractivity contribution in [1.82, 2.24) is 9.78 Å². The summed E-state index contributed by atoms with van der Waals surface area (Å²) in [6.07, 6.45) is 0. The number of benzene rings is 1. The molecule has 3 nitrogen and oxygen atoms in total. The van der Waals surface area contributed by atoms with Crippen LogP contribution in [0.1, 0.15) is 5.69 Å². The molecular weight excluding hydrogens is 208 g/mol. The molecule has 1 aromatic carbocycles. The van der Waals surface area contributed by atoms with Crippen LogP contribution >= 0.6 is 11.8 Å². The summed E-state index contributed by atoms with van der Waals surface area (Å²) >= 11 is 1.71. The predicted octanol–water partition coefficient (Wildman–Crippen LogP) is 2.01. The maximum atomic E-state index is 11.2. The Morgan fingerprint density at radius 2 is 2.07 bits per heavy atom. The molecule has 0 saturated carbocycles. The fourth-order valence-corrected chi connectivity index (χ4v) is 2.12. The van der Waals surface area contributed by atoms with Gasteiger partial charge < -0.3 is 0 Å². The van der Waals surface area contributed by atoms with Crippen LogP contribution in [0.4, 0.5) is 0 Å². The van der Waals surface area contributed by atoms with E-state index in [1.807, 2.05) is 18.2 Å². The van der Waals surface area contributed by atoms with Gasteiger partial charge in [0.15, 0.2) is 0 Å². The molecule has 0 radical (unpaired) electrons. The van der Waals surface area contributed by atoms with Crippen LogP contribution in [-0.4, -0.2) is 9.78 Å². The van der Waals surface area contributed by atoms with Crippen LogP contribution in [0.3, 0.4) is 0 Å². The van der Waals surface area contributed by atoms with Gasteiger partial charge in [-0.15, -0.1) is 11.8 Å². The van der Waals surface area contributed by atoms with E-state index in [0.717, 1.165) is 11.4 Å². The quantitative estimate of drug-likeness (QED) is 0.803. The molecule has 0 atom stereocenters. The number of H-pyrrole nitrogens is 1. The minimum atomic E-state index is 0.0126. The van der Waals surface area contributed by atoms with Crippen LogP contribution in [0.5, 0.6) is 0 Å². The highest BCUT2D eigenvalue weighted by molar-refractivity contribution is 7.98. The molecule has 0 unspecified atom stereocenters. The molecule has 78 valence electrons. The Bertz CT molecular complexity index is 487. The number of hydrogen-bond acceptors (Lipinski definition) is 2. The molecule has 1 N–H and O–H groups in total. The molecule has 2 aromatic rings. The standard InChI is InChI=1S/C11H12N2OS/c1-13-11(14)7-9(12-13)8-15-10-5-3-2-4-6-10/h2-7,12H,8H2,1H3. The summed E-state index contributed by atoms with van der Waals surface area (Å²) in [7, 11) is 1.72. The van der Waals surface area contributed by atoms with Gasteiger partial charge in [-0.3, -0.25) is 14.6 Å². The zero-order valence-corrected chi connectivity index (χ0v) is 9.25. The number of nitrogens with zero attached hydrogens (tertiary/aromatic N) is 1. The molecule has 0 saturated heterocycles. The fraction of sp³-hybridized carbons (Fsp3) is 0.182. The van der Waals surface area contributed by atoms with E-state index in [0.29, 0.717) is 0 Å². The second-order valence-corrected chi connectivity index (χ2v) is 4.33. The van der Waals surface area contributed by atoms with Crippen LogP contribution in [0.15, 0.2) is 46.1 Å². The maximum absolute atomic E-state index is 11.2. The first-order valence-corrected chi connectivity index (χ1v) is 5.67. The van der Waals surface area contributed by atoms with Gasteiger partial charge in [-0.05, 0) is 12.1 Å². The Balaban J connectivity index is 2.02. The van der Waals surface area contributed by atoms with Crippen molar-refractivity contribution in [2.24, 2.45) is 7.05 Å². The summed E-state index contributed by atoms with van der Waals surface area (Å²) in [6, 6.07) is 11.8. The normalized spacial score (nSPS) is 10.5. The summed E-state index contributed by atoms with van der Waals surface area (Å²) in [5, 5.41) is 3.00. The Hall–Kier alpha value is -1.42. The third-order valence-electron chi connectivity index (χ3n) is 2.08. The Labute approximate surface area is 92.1 Å². The van der Waals surface area contributed by atoms with Crippen molar-refractivity contribution in [2.45, 2.75) is 10.6 Å². The first-order valence-electron chi connectivity index (χ1n) is 4.68. The second kappa shape index (κ2) is 4.40. The van der Waals surface area contributed by atoms with E-state index in [2.05, 4.69) is 17.2 Å². The van der Waals surface area contributed by atoms with E-state index in [9.17, 15) is 4.79 Å². The maximum Gasteiger partial charge on any atom is 0.266 e. The third kappa shape index (κ3) is 2.53.